The number of nitrogens with one attached hydrogen (secondary N) is 1. The summed E-state index contributed by atoms with van der Waals surface area (Å²) in [5.74, 6) is 0.879. The Morgan fingerprint density at radius 1 is 1.16 bits per heavy atom. The minimum Gasteiger partial charge on any atom is -0.349 e. The Kier molecular flexibility index (Phi) is 6.51. The van der Waals surface area contributed by atoms with Crippen molar-refractivity contribution in [3.63, 3.8) is 0 Å². The van der Waals surface area contributed by atoms with E-state index in [0.717, 1.165) is 25.7 Å². The molecule has 5 nitrogen and oxygen atoms in total. The van der Waals surface area contributed by atoms with Gasteiger partial charge in [0.05, 0.1) is 10.6 Å². The molecule has 0 spiro atoms. The number of sulfone groups is 1. The number of halogens is 1. The number of carbonyl (C=O) groups is 1. The summed E-state index contributed by atoms with van der Waals surface area (Å²) in [6.45, 7) is 1.61. The second-order valence-corrected chi connectivity index (χ2v) is 9.39. The molecule has 3 rings (SSSR count). The first kappa shape index (κ1) is 20.2. The minimum absolute atomic E-state index is 0. The summed E-state index contributed by atoms with van der Waals surface area (Å²) in [7, 11) is -3.23. The smallest absolute Gasteiger partial charge is 0.251 e. The average Bonchev–Trinajstić information content (AvgIpc) is 2.55. The van der Waals surface area contributed by atoms with Gasteiger partial charge in [-0.05, 0) is 61.8 Å². The van der Waals surface area contributed by atoms with E-state index in [0.29, 0.717) is 17.4 Å². The summed E-state index contributed by atoms with van der Waals surface area (Å²) in [5.41, 5.74) is 6.64. The fourth-order valence-corrected chi connectivity index (χ4v) is 5.12. The standard InChI is InChI=1S/C18H26N2O3S.ClH/c1-2-24(22,23)16-8-6-12(7-9-16)18(21)20-17-13-4-3-5-14(17)11-15(19)10-13;/h6-9,13-15,17H,2-5,10-11,19H2,1H3,(H,20,21);1H. The number of carbonyl (C=O) groups excluding carboxylic acids is 1. The fourth-order valence-electron chi connectivity index (χ4n) is 4.24. The Morgan fingerprint density at radius 3 is 2.24 bits per heavy atom. The Labute approximate surface area is 156 Å². The lowest BCUT2D eigenvalue weighted by Gasteiger charge is -2.45. The van der Waals surface area contributed by atoms with Crippen LogP contribution >= 0.6 is 12.4 Å². The molecule has 2 unspecified atom stereocenters. The average molecular weight is 387 g/mol. The molecule has 25 heavy (non-hydrogen) atoms. The highest BCUT2D eigenvalue weighted by Crippen LogP contribution is 2.39. The predicted molar refractivity (Wildman–Crippen MR) is 101 cm³/mol. The predicted octanol–water partition coefficient (Wildman–Crippen LogP) is 2.54. The van der Waals surface area contributed by atoms with E-state index in [1.165, 1.54) is 18.6 Å². The van der Waals surface area contributed by atoms with Crippen LogP contribution in [-0.4, -0.2) is 32.2 Å². The molecule has 0 aliphatic heterocycles. The van der Waals surface area contributed by atoms with Crippen molar-refractivity contribution in [3.05, 3.63) is 29.8 Å². The van der Waals surface area contributed by atoms with E-state index in [-0.39, 0.29) is 41.0 Å². The fraction of sp³-hybridized carbons (Fsp3) is 0.611. The van der Waals surface area contributed by atoms with Crippen molar-refractivity contribution < 1.29 is 13.2 Å². The van der Waals surface area contributed by atoms with Gasteiger partial charge in [-0.25, -0.2) is 8.42 Å². The third kappa shape index (κ3) is 4.36. The van der Waals surface area contributed by atoms with Crippen LogP contribution in [-0.2, 0) is 9.84 Å². The van der Waals surface area contributed by atoms with Crippen LogP contribution in [0.3, 0.4) is 0 Å². The highest BCUT2D eigenvalue weighted by atomic mass is 35.5. The van der Waals surface area contributed by atoms with Gasteiger partial charge in [0, 0.05) is 17.6 Å². The van der Waals surface area contributed by atoms with Gasteiger partial charge in [-0.1, -0.05) is 13.3 Å². The molecule has 0 aromatic heterocycles. The zero-order chi connectivity index (χ0) is 17.3. The van der Waals surface area contributed by atoms with E-state index >= 15 is 0 Å². The van der Waals surface area contributed by atoms with Crippen molar-refractivity contribution in [1.29, 1.82) is 0 Å². The van der Waals surface area contributed by atoms with E-state index in [4.69, 9.17) is 5.73 Å². The van der Waals surface area contributed by atoms with Gasteiger partial charge in [0.1, 0.15) is 0 Å². The van der Waals surface area contributed by atoms with Gasteiger partial charge < -0.3 is 11.1 Å². The zero-order valence-corrected chi connectivity index (χ0v) is 16.1. The lowest BCUT2D eigenvalue weighted by Crippen LogP contribution is -2.53. The Bertz CT molecular complexity index is 692. The molecule has 2 aliphatic rings. The largest absolute Gasteiger partial charge is 0.349 e. The van der Waals surface area contributed by atoms with Crippen molar-refractivity contribution in [1.82, 2.24) is 5.32 Å². The first-order chi connectivity index (χ1) is 11.4. The van der Waals surface area contributed by atoms with Gasteiger partial charge in [0.25, 0.3) is 5.91 Å². The van der Waals surface area contributed by atoms with E-state index < -0.39 is 9.84 Å². The highest BCUT2D eigenvalue weighted by Gasteiger charge is 2.39. The molecule has 2 saturated carbocycles. The van der Waals surface area contributed by atoms with Gasteiger partial charge in [-0.3, -0.25) is 4.79 Å². The Hall–Kier alpha value is -1.11. The third-order valence-corrected chi connectivity index (χ3v) is 7.28. The topological polar surface area (TPSA) is 89.3 Å². The summed E-state index contributed by atoms with van der Waals surface area (Å²) in [4.78, 5) is 12.8. The van der Waals surface area contributed by atoms with E-state index in [9.17, 15) is 13.2 Å². The lowest BCUT2D eigenvalue weighted by atomic mass is 9.67. The number of rotatable bonds is 4. The number of fused-ring (bicyclic) bond motifs is 2. The van der Waals surface area contributed by atoms with Crippen LogP contribution in [0.2, 0.25) is 0 Å². The van der Waals surface area contributed by atoms with Gasteiger partial charge >= 0.3 is 0 Å². The van der Waals surface area contributed by atoms with Crippen LogP contribution in [0.25, 0.3) is 0 Å². The minimum atomic E-state index is -3.23. The van der Waals surface area contributed by atoms with Crippen molar-refractivity contribution in [2.75, 3.05) is 5.75 Å². The zero-order valence-electron chi connectivity index (χ0n) is 14.5. The monoisotopic (exact) mass is 386 g/mol. The van der Waals surface area contributed by atoms with Crippen LogP contribution in [0.5, 0.6) is 0 Å². The Balaban J connectivity index is 0.00000225. The molecule has 0 radical (unpaired) electrons. The molecule has 0 heterocycles. The van der Waals surface area contributed by atoms with E-state index in [2.05, 4.69) is 5.32 Å². The molecule has 3 N–H and O–H groups in total. The maximum Gasteiger partial charge on any atom is 0.251 e. The molecule has 2 atom stereocenters. The quantitative estimate of drug-likeness (QED) is 0.832. The summed E-state index contributed by atoms with van der Waals surface area (Å²) >= 11 is 0. The van der Waals surface area contributed by atoms with Crippen molar-refractivity contribution in [2.45, 2.75) is 56.0 Å². The van der Waals surface area contributed by atoms with Crippen LogP contribution < -0.4 is 11.1 Å². The molecule has 2 fully saturated rings. The third-order valence-electron chi connectivity index (χ3n) is 5.53. The summed E-state index contributed by atoms with van der Waals surface area (Å²) in [5, 5.41) is 3.19. The number of hydrogen-bond donors (Lipinski definition) is 2. The SMILES string of the molecule is CCS(=O)(=O)c1ccc(C(=O)NC2C3CCCC2CC(N)C3)cc1.Cl. The second kappa shape index (κ2) is 8.06. The summed E-state index contributed by atoms with van der Waals surface area (Å²) < 4.78 is 23.7. The maximum atomic E-state index is 12.6. The van der Waals surface area contributed by atoms with Gasteiger partial charge in [-0.15, -0.1) is 12.4 Å². The van der Waals surface area contributed by atoms with E-state index in [1.54, 1.807) is 19.1 Å². The summed E-state index contributed by atoms with van der Waals surface area (Å²) in [6.07, 6.45) is 5.44. The normalized spacial score (nSPS) is 28.7. The van der Waals surface area contributed by atoms with E-state index in [1.807, 2.05) is 0 Å². The van der Waals surface area contributed by atoms with Crippen LogP contribution in [0, 0.1) is 11.8 Å². The lowest BCUT2D eigenvalue weighted by molar-refractivity contribution is 0.0756. The van der Waals surface area contributed by atoms with Gasteiger partial charge in [-0.2, -0.15) is 0 Å². The number of amides is 1. The Morgan fingerprint density at radius 2 is 1.72 bits per heavy atom. The molecule has 2 bridgehead atoms. The molecule has 7 heteroatoms. The van der Waals surface area contributed by atoms with Gasteiger partial charge in [0.2, 0.25) is 0 Å². The molecule has 0 saturated heterocycles. The first-order valence-electron chi connectivity index (χ1n) is 8.80. The number of hydrogen-bond acceptors (Lipinski definition) is 4. The van der Waals surface area contributed by atoms with Gasteiger partial charge in [0.15, 0.2) is 9.84 Å². The molecule has 2 aliphatic carbocycles. The van der Waals surface area contributed by atoms with Crippen LogP contribution in [0.4, 0.5) is 0 Å². The van der Waals surface area contributed by atoms with Crippen molar-refractivity contribution >= 4 is 28.2 Å². The molecule has 1 aromatic carbocycles. The van der Waals surface area contributed by atoms with Crippen LogP contribution in [0.1, 0.15) is 49.4 Å². The summed E-state index contributed by atoms with van der Waals surface area (Å²) in [6, 6.07) is 6.69. The second-order valence-electron chi connectivity index (χ2n) is 7.11. The number of nitrogens with two attached hydrogens (primary N) is 1. The van der Waals surface area contributed by atoms with Crippen LogP contribution in [0.15, 0.2) is 29.2 Å². The number of benzene rings is 1. The molecule has 140 valence electrons. The molecular weight excluding hydrogens is 360 g/mol. The maximum absolute atomic E-state index is 12.6. The first-order valence-corrected chi connectivity index (χ1v) is 10.4. The molecule has 1 aromatic rings. The van der Waals surface area contributed by atoms with Crippen molar-refractivity contribution in [2.24, 2.45) is 17.6 Å². The molecular formula is C18H27ClN2O3S. The van der Waals surface area contributed by atoms with Crippen molar-refractivity contribution in [3.8, 4) is 0 Å². The molecule has 1 amide bonds. The highest BCUT2D eigenvalue weighted by molar-refractivity contribution is 7.91.